The maximum absolute atomic E-state index is 13.6. The first-order chi connectivity index (χ1) is 15.5. The predicted molar refractivity (Wildman–Crippen MR) is 129 cm³/mol. The summed E-state index contributed by atoms with van der Waals surface area (Å²) < 4.78 is 1.69. The number of nitrogens with zero attached hydrogens (tertiary/aromatic N) is 2. The Kier molecular flexibility index (Phi) is 6.66. The van der Waals surface area contributed by atoms with Gasteiger partial charge in [-0.2, -0.15) is 0 Å². The number of rotatable bonds is 7. The predicted octanol–water partition coefficient (Wildman–Crippen LogP) is 5.43. The van der Waals surface area contributed by atoms with Gasteiger partial charge in [0, 0.05) is 23.6 Å². The normalized spacial score (nSPS) is 10.9. The summed E-state index contributed by atoms with van der Waals surface area (Å²) in [6.45, 7) is 2.31. The van der Waals surface area contributed by atoms with E-state index in [1.165, 1.54) is 0 Å². The molecule has 3 aromatic carbocycles. The van der Waals surface area contributed by atoms with Crippen LogP contribution in [0.3, 0.4) is 0 Å². The van der Waals surface area contributed by atoms with Gasteiger partial charge in [0.1, 0.15) is 5.82 Å². The summed E-state index contributed by atoms with van der Waals surface area (Å²) in [5, 5.41) is 3.95. The minimum atomic E-state index is -0.146. The van der Waals surface area contributed by atoms with Gasteiger partial charge in [-0.15, -0.1) is 0 Å². The van der Waals surface area contributed by atoms with Crippen molar-refractivity contribution < 1.29 is 4.79 Å². The molecule has 4 aromatic rings. The number of nitrogens with one attached hydrogen (secondary N) is 1. The van der Waals surface area contributed by atoms with Crippen LogP contribution in [0.4, 0.5) is 5.69 Å². The number of fused-ring (bicyclic) bond motifs is 1. The van der Waals surface area contributed by atoms with Crippen LogP contribution in [0.1, 0.15) is 36.7 Å². The molecule has 1 amide bonds. The number of amides is 1. The first kappa shape index (κ1) is 21.8. The third-order valence-corrected chi connectivity index (χ3v) is 5.46. The fourth-order valence-electron chi connectivity index (χ4n) is 3.69. The molecule has 0 fully saturated rings. The first-order valence-corrected chi connectivity index (χ1v) is 11.0. The second-order valence-corrected chi connectivity index (χ2v) is 8.18. The van der Waals surface area contributed by atoms with Gasteiger partial charge in [0.05, 0.1) is 17.4 Å². The highest BCUT2D eigenvalue weighted by atomic mass is 35.5. The van der Waals surface area contributed by atoms with E-state index in [2.05, 4.69) is 5.32 Å². The second kappa shape index (κ2) is 9.79. The summed E-state index contributed by atoms with van der Waals surface area (Å²) in [7, 11) is 0. The zero-order valence-electron chi connectivity index (χ0n) is 17.8. The lowest BCUT2D eigenvalue weighted by Crippen LogP contribution is -2.26. The molecule has 0 atom stereocenters. The van der Waals surface area contributed by atoms with Crippen molar-refractivity contribution in [1.29, 1.82) is 0 Å². The third-order valence-electron chi connectivity index (χ3n) is 5.23. The molecule has 0 unspecified atom stereocenters. The molecule has 0 aliphatic carbocycles. The Morgan fingerprint density at radius 3 is 2.53 bits per heavy atom. The molecule has 4 rings (SSSR count). The number of halogens is 1. The van der Waals surface area contributed by atoms with Gasteiger partial charge in [-0.1, -0.05) is 61.0 Å². The molecule has 0 bridgehead atoms. The largest absolute Gasteiger partial charge is 0.326 e. The van der Waals surface area contributed by atoms with Crippen molar-refractivity contribution >= 4 is 34.1 Å². The van der Waals surface area contributed by atoms with Crippen molar-refractivity contribution in [2.24, 2.45) is 0 Å². The molecular formula is C26H24ClN3O2. The quantitative estimate of drug-likeness (QED) is 0.412. The molecule has 1 heterocycles. The van der Waals surface area contributed by atoms with Crippen molar-refractivity contribution in [2.45, 2.75) is 32.7 Å². The van der Waals surface area contributed by atoms with Gasteiger partial charge in [-0.05, 0) is 47.9 Å². The summed E-state index contributed by atoms with van der Waals surface area (Å²) in [5.41, 5.74) is 3.05. The third kappa shape index (κ3) is 5.06. The Bertz CT molecular complexity index is 1320. The molecule has 0 saturated heterocycles. The molecule has 0 aliphatic heterocycles. The molecule has 5 nitrogen and oxygen atoms in total. The van der Waals surface area contributed by atoms with Crippen molar-refractivity contribution in [3.8, 4) is 0 Å². The number of carbonyl (C=O) groups excluding carboxylic acids is 1. The summed E-state index contributed by atoms with van der Waals surface area (Å²) in [6, 6.07) is 22.7. The van der Waals surface area contributed by atoms with Crippen LogP contribution in [0, 0.1) is 0 Å². The van der Waals surface area contributed by atoms with E-state index in [1.54, 1.807) is 22.8 Å². The molecule has 0 radical (unpaired) electrons. The Morgan fingerprint density at radius 2 is 1.78 bits per heavy atom. The lowest BCUT2D eigenvalue weighted by molar-refractivity contribution is -0.116. The average molecular weight is 446 g/mol. The van der Waals surface area contributed by atoms with Crippen LogP contribution < -0.4 is 10.9 Å². The second-order valence-electron chi connectivity index (χ2n) is 7.74. The Morgan fingerprint density at radius 1 is 1.00 bits per heavy atom. The molecule has 1 N–H and O–H groups in total. The van der Waals surface area contributed by atoms with Crippen molar-refractivity contribution in [3.63, 3.8) is 0 Å². The monoisotopic (exact) mass is 445 g/mol. The molecule has 0 saturated carbocycles. The highest BCUT2D eigenvalue weighted by Gasteiger charge is 2.14. The molecule has 0 spiro atoms. The summed E-state index contributed by atoms with van der Waals surface area (Å²) in [5.74, 6) is 0.608. The van der Waals surface area contributed by atoms with Crippen molar-refractivity contribution in [1.82, 2.24) is 9.55 Å². The zero-order valence-corrected chi connectivity index (χ0v) is 18.6. The number of anilines is 1. The molecule has 0 aliphatic rings. The number of carbonyl (C=O) groups is 1. The standard InChI is InChI=1S/C26H24ClN3O2/c1-2-7-25(31)28-21-12-13-23-22(16-21)26(32)30(17-19-10-6-11-20(27)14-19)24(29-23)15-18-8-4-3-5-9-18/h3-6,8-14,16H,2,7,15,17H2,1H3,(H,28,31). The van der Waals surface area contributed by atoms with Crippen LogP contribution in [0.5, 0.6) is 0 Å². The van der Waals surface area contributed by atoms with E-state index in [9.17, 15) is 9.59 Å². The van der Waals surface area contributed by atoms with Gasteiger partial charge in [-0.3, -0.25) is 14.2 Å². The number of aromatic nitrogens is 2. The van der Waals surface area contributed by atoms with Crippen LogP contribution in [-0.4, -0.2) is 15.5 Å². The van der Waals surface area contributed by atoms with Crippen LogP contribution in [0.2, 0.25) is 5.02 Å². The van der Waals surface area contributed by atoms with E-state index in [1.807, 2.05) is 61.5 Å². The highest BCUT2D eigenvalue weighted by molar-refractivity contribution is 6.30. The van der Waals surface area contributed by atoms with Gasteiger partial charge < -0.3 is 5.32 Å². The molecule has 32 heavy (non-hydrogen) atoms. The SMILES string of the molecule is CCCC(=O)Nc1ccc2nc(Cc3ccccc3)n(Cc3cccc(Cl)c3)c(=O)c2c1. The summed E-state index contributed by atoms with van der Waals surface area (Å²) >= 11 is 6.17. The maximum Gasteiger partial charge on any atom is 0.261 e. The van der Waals surface area contributed by atoms with E-state index in [4.69, 9.17) is 16.6 Å². The average Bonchev–Trinajstić information content (AvgIpc) is 2.78. The van der Waals surface area contributed by atoms with Gasteiger partial charge in [0.25, 0.3) is 5.56 Å². The Labute approximate surface area is 191 Å². The topological polar surface area (TPSA) is 64.0 Å². The summed E-state index contributed by atoms with van der Waals surface area (Å²) in [4.78, 5) is 30.4. The molecule has 162 valence electrons. The smallest absolute Gasteiger partial charge is 0.261 e. The summed E-state index contributed by atoms with van der Waals surface area (Å²) in [6.07, 6.45) is 1.73. The molecular weight excluding hydrogens is 422 g/mol. The Balaban J connectivity index is 1.81. The fourth-order valence-corrected chi connectivity index (χ4v) is 3.90. The van der Waals surface area contributed by atoms with Gasteiger partial charge in [-0.25, -0.2) is 4.98 Å². The molecule has 1 aromatic heterocycles. The van der Waals surface area contributed by atoms with E-state index in [-0.39, 0.29) is 11.5 Å². The Hall–Kier alpha value is -3.44. The van der Waals surface area contributed by atoms with Gasteiger partial charge in [0.15, 0.2) is 0 Å². The maximum atomic E-state index is 13.6. The van der Waals surface area contributed by atoms with Crippen LogP contribution in [-0.2, 0) is 17.8 Å². The van der Waals surface area contributed by atoms with E-state index < -0.39 is 0 Å². The highest BCUT2D eigenvalue weighted by Crippen LogP contribution is 2.19. The fraction of sp³-hybridized carbons (Fsp3) is 0.192. The van der Waals surface area contributed by atoms with Gasteiger partial charge in [0.2, 0.25) is 5.91 Å². The van der Waals surface area contributed by atoms with E-state index >= 15 is 0 Å². The van der Waals surface area contributed by atoms with Crippen molar-refractivity contribution in [3.05, 3.63) is 105 Å². The van der Waals surface area contributed by atoms with Crippen LogP contribution in [0.25, 0.3) is 10.9 Å². The lowest BCUT2D eigenvalue weighted by atomic mass is 10.1. The molecule has 6 heteroatoms. The number of hydrogen-bond acceptors (Lipinski definition) is 3. The van der Waals surface area contributed by atoms with E-state index in [0.29, 0.717) is 46.8 Å². The number of hydrogen-bond donors (Lipinski definition) is 1. The zero-order chi connectivity index (χ0) is 22.5. The van der Waals surface area contributed by atoms with E-state index in [0.717, 1.165) is 17.5 Å². The number of benzene rings is 3. The van der Waals surface area contributed by atoms with Crippen LogP contribution >= 0.6 is 11.6 Å². The lowest BCUT2D eigenvalue weighted by Gasteiger charge is -2.15. The van der Waals surface area contributed by atoms with Crippen molar-refractivity contribution in [2.75, 3.05) is 5.32 Å². The first-order valence-electron chi connectivity index (χ1n) is 10.6. The minimum Gasteiger partial charge on any atom is -0.326 e. The van der Waals surface area contributed by atoms with Gasteiger partial charge >= 0.3 is 0 Å². The minimum absolute atomic E-state index is 0.0697. The van der Waals surface area contributed by atoms with Crippen LogP contribution in [0.15, 0.2) is 77.6 Å².